The minimum atomic E-state index is 0.149. The molecule has 2 rings (SSSR count). The van der Waals surface area contributed by atoms with Gasteiger partial charge in [-0.3, -0.25) is 0 Å². The van der Waals surface area contributed by atoms with Gasteiger partial charge in [-0.1, -0.05) is 36.4 Å². The minimum absolute atomic E-state index is 0.149. The topological polar surface area (TPSA) is 49.5 Å². The summed E-state index contributed by atoms with van der Waals surface area (Å²) in [6, 6.07) is 15.8. The number of phenolic OH excluding ortho intramolecular Hbond substituents is 1. The molecule has 0 aliphatic carbocycles. The zero-order valence-electron chi connectivity index (χ0n) is 11.2. The lowest BCUT2D eigenvalue weighted by atomic mass is 10.1. The standard InChI is InChI=1S/C16H20N2O/c1-18(10-9-13-5-3-2-4-6-13)12-14-7-8-16(19)15(17)11-14/h2-8,11,19H,9-10,12,17H2,1H3. The molecule has 19 heavy (non-hydrogen) atoms. The van der Waals surface area contributed by atoms with Gasteiger partial charge >= 0.3 is 0 Å². The summed E-state index contributed by atoms with van der Waals surface area (Å²) in [7, 11) is 2.09. The summed E-state index contributed by atoms with van der Waals surface area (Å²) in [5, 5.41) is 9.39. The highest BCUT2D eigenvalue weighted by molar-refractivity contribution is 5.53. The summed E-state index contributed by atoms with van der Waals surface area (Å²) >= 11 is 0. The Morgan fingerprint density at radius 2 is 1.79 bits per heavy atom. The molecule has 2 aromatic rings. The fourth-order valence-corrected chi connectivity index (χ4v) is 2.06. The van der Waals surface area contributed by atoms with Crippen molar-refractivity contribution in [1.82, 2.24) is 4.90 Å². The second kappa shape index (κ2) is 6.25. The molecule has 0 saturated carbocycles. The fraction of sp³-hybridized carbons (Fsp3) is 0.250. The fourth-order valence-electron chi connectivity index (χ4n) is 2.06. The Balaban J connectivity index is 1.87. The highest BCUT2D eigenvalue weighted by Gasteiger charge is 2.03. The molecule has 3 nitrogen and oxygen atoms in total. The molecule has 2 aromatic carbocycles. The summed E-state index contributed by atoms with van der Waals surface area (Å²) in [6.45, 7) is 1.82. The van der Waals surface area contributed by atoms with E-state index in [0.717, 1.165) is 25.1 Å². The number of benzene rings is 2. The SMILES string of the molecule is CN(CCc1ccccc1)Cc1ccc(O)c(N)c1. The smallest absolute Gasteiger partial charge is 0.138 e. The van der Waals surface area contributed by atoms with Crippen LogP contribution in [-0.2, 0) is 13.0 Å². The Morgan fingerprint density at radius 1 is 1.05 bits per heavy atom. The van der Waals surface area contributed by atoms with Crippen LogP contribution in [-0.4, -0.2) is 23.6 Å². The molecular formula is C16H20N2O. The van der Waals surface area contributed by atoms with Gasteiger partial charge < -0.3 is 15.7 Å². The van der Waals surface area contributed by atoms with E-state index in [0.29, 0.717) is 5.69 Å². The highest BCUT2D eigenvalue weighted by Crippen LogP contribution is 2.21. The van der Waals surface area contributed by atoms with Crippen LogP contribution in [0.25, 0.3) is 0 Å². The van der Waals surface area contributed by atoms with Crippen LogP contribution in [0, 0.1) is 0 Å². The lowest BCUT2D eigenvalue weighted by molar-refractivity contribution is 0.331. The van der Waals surface area contributed by atoms with E-state index in [4.69, 9.17) is 5.73 Å². The predicted molar refractivity (Wildman–Crippen MR) is 79.0 cm³/mol. The maximum Gasteiger partial charge on any atom is 0.138 e. The van der Waals surface area contributed by atoms with Gasteiger partial charge in [0.25, 0.3) is 0 Å². The van der Waals surface area contributed by atoms with E-state index in [1.807, 2.05) is 18.2 Å². The highest BCUT2D eigenvalue weighted by atomic mass is 16.3. The number of nitrogens with zero attached hydrogens (tertiary/aromatic N) is 1. The molecule has 100 valence electrons. The summed E-state index contributed by atoms with van der Waals surface area (Å²) in [5.41, 5.74) is 8.60. The molecule has 3 heteroatoms. The lowest BCUT2D eigenvalue weighted by Gasteiger charge is -2.17. The molecule has 0 aromatic heterocycles. The van der Waals surface area contributed by atoms with Crippen molar-refractivity contribution in [2.24, 2.45) is 0 Å². The van der Waals surface area contributed by atoms with E-state index in [9.17, 15) is 5.11 Å². The molecule has 0 radical (unpaired) electrons. The maximum atomic E-state index is 9.39. The number of anilines is 1. The molecule has 0 aliphatic heterocycles. The average molecular weight is 256 g/mol. The van der Waals surface area contributed by atoms with Crippen LogP contribution < -0.4 is 5.73 Å². The van der Waals surface area contributed by atoms with Gasteiger partial charge in [-0.2, -0.15) is 0 Å². The first-order valence-corrected chi connectivity index (χ1v) is 6.45. The first kappa shape index (κ1) is 13.4. The van der Waals surface area contributed by atoms with Crippen LogP contribution in [0.5, 0.6) is 5.75 Å². The van der Waals surface area contributed by atoms with Gasteiger partial charge in [0, 0.05) is 13.1 Å². The van der Waals surface area contributed by atoms with E-state index in [1.54, 1.807) is 6.07 Å². The molecule has 0 aliphatic rings. The van der Waals surface area contributed by atoms with Crippen molar-refractivity contribution < 1.29 is 5.11 Å². The third-order valence-corrected chi connectivity index (χ3v) is 3.17. The third kappa shape index (κ3) is 4.00. The number of nitrogen functional groups attached to an aromatic ring is 1. The second-order valence-electron chi connectivity index (χ2n) is 4.87. The average Bonchev–Trinajstić information content (AvgIpc) is 2.42. The summed E-state index contributed by atoms with van der Waals surface area (Å²) in [4.78, 5) is 2.25. The van der Waals surface area contributed by atoms with Gasteiger partial charge in [0.1, 0.15) is 5.75 Å². The largest absolute Gasteiger partial charge is 0.506 e. The number of hydrogen-bond acceptors (Lipinski definition) is 3. The summed E-state index contributed by atoms with van der Waals surface area (Å²) in [6.07, 6.45) is 1.03. The molecule has 0 heterocycles. The zero-order chi connectivity index (χ0) is 13.7. The van der Waals surface area contributed by atoms with Crippen LogP contribution >= 0.6 is 0 Å². The monoisotopic (exact) mass is 256 g/mol. The van der Waals surface area contributed by atoms with Crippen LogP contribution in [0.1, 0.15) is 11.1 Å². The van der Waals surface area contributed by atoms with Crippen LogP contribution in [0.3, 0.4) is 0 Å². The third-order valence-electron chi connectivity index (χ3n) is 3.17. The van der Waals surface area contributed by atoms with Crippen LogP contribution in [0.2, 0.25) is 0 Å². The van der Waals surface area contributed by atoms with Gasteiger partial charge in [0.05, 0.1) is 5.69 Å². The van der Waals surface area contributed by atoms with Crippen molar-refractivity contribution in [2.45, 2.75) is 13.0 Å². The van der Waals surface area contributed by atoms with Crippen molar-refractivity contribution in [3.8, 4) is 5.75 Å². The van der Waals surface area contributed by atoms with Gasteiger partial charge in [0.15, 0.2) is 0 Å². The molecular weight excluding hydrogens is 236 g/mol. The van der Waals surface area contributed by atoms with E-state index in [-0.39, 0.29) is 5.75 Å². The molecule has 0 amide bonds. The van der Waals surface area contributed by atoms with Crippen molar-refractivity contribution in [3.63, 3.8) is 0 Å². The molecule has 0 saturated heterocycles. The summed E-state index contributed by atoms with van der Waals surface area (Å²) < 4.78 is 0. The number of nitrogens with two attached hydrogens (primary N) is 1. The van der Waals surface area contributed by atoms with Gasteiger partial charge in [-0.25, -0.2) is 0 Å². The molecule has 0 spiro atoms. The zero-order valence-corrected chi connectivity index (χ0v) is 11.2. The van der Waals surface area contributed by atoms with Crippen molar-refractivity contribution in [3.05, 3.63) is 59.7 Å². The first-order valence-electron chi connectivity index (χ1n) is 6.45. The van der Waals surface area contributed by atoms with E-state index in [2.05, 4.69) is 36.2 Å². The van der Waals surface area contributed by atoms with Crippen molar-refractivity contribution >= 4 is 5.69 Å². The number of rotatable bonds is 5. The number of phenols is 1. The van der Waals surface area contributed by atoms with E-state index < -0.39 is 0 Å². The number of aromatic hydroxyl groups is 1. The van der Waals surface area contributed by atoms with Gasteiger partial charge in [0.2, 0.25) is 0 Å². The number of likely N-dealkylation sites (N-methyl/N-ethyl adjacent to an activating group) is 1. The Kier molecular flexibility index (Phi) is 4.42. The molecule has 0 fully saturated rings. The van der Waals surface area contributed by atoms with Gasteiger partial charge in [-0.15, -0.1) is 0 Å². The Hall–Kier alpha value is -2.00. The summed E-state index contributed by atoms with van der Waals surface area (Å²) in [5.74, 6) is 0.149. The van der Waals surface area contributed by atoms with Crippen LogP contribution in [0.4, 0.5) is 5.69 Å². The Morgan fingerprint density at radius 3 is 2.47 bits per heavy atom. The van der Waals surface area contributed by atoms with E-state index >= 15 is 0 Å². The first-order chi connectivity index (χ1) is 9.15. The minimum Gasteiger partial charge on any atom is -0.506 e. The normalized spacial score (nSPS) is 10.8. The molecule has 0 bridgehead atoms. The lowest BCUT2D eigenvalue weighted by Crippen LogP contribution is -2.20. The van der Waals surface area contributed by atoms with E-state index in [1.165, 1.54) is 5.56 Å². The molecule has 3 N–H and O–H groups in total. The quantitative estimate of drug-likeness (QED) is 0.638. The van der Waals surface area contributed by atoms with Gasteiger partial charge in [-0.05, 0) is 36.7 Å². The molecule has 0 unspecified atom stereocenters. The Labute approximate surface area is 114 Å². The Bertz CT molecular complexity index is 526. The van der Waals surface area contributed by atoms with Crippen molar-refractivity contribution in [1.29, 1.82) is 0 Å². The van der Waals surface area contributed by atoms with Crippen LogP contribution in [0.15, 0.2) is 48.5 Å². The second-order valence-corrected chi connectivity index (χ2v) is 4.87. The predicted octanol–water partition coefficient (Wildman–Crippen LogP) is 2.65. The molecule has 0 atom stereocenters. The number of hydrogen-bond donors (Lipinski definition) is 2. The maximum absolute atomic E-state index is 9.39. The van der Waals surface area contributed by atoms with Crippen molar-refractivity contribution in [2.75, 3.05) is 19.3 Å².